The van der Waals surface area contributed by atoms with Gasteiger partial charge < -0.3 is 14.8 Å². The number of carbonyl (C=O) groups excluding carboxylic acids is 1. The second kappa shape index (κ2) is 9.21. The molecular weight excluding hydrogens is 304 g/mol. The van der Waals surface area contributed by atoms with Crippen molar-refractivity contribution in [3.63, 3.8) is 0 Å². The Labute approximate surface area is 142 Å². The van der Waals surface area contributed by atoms with E-state index in [1.54, 1.807) is 6.20 Å². The van der Waals surface area contributed by atoms with E-state index in [0.29, 0.717) is 11.5 Å². The lowest BCUT2D eigenvalue weighted by molar-refractivity contribution is -0.122. The minimum absolute atomic E-state index is 0.0297. The molecule has 5 nitrogen and oxygen atoms in total. The predicted molar refractivity (Wildman–Crippen MR) is 91.9 cm³/mol. The summed E-state index contributed by atoms with van der Waals surface area (Å²) in [7, 11) is 0. The second-order valence-corrected chi connectivity index (χ2v) is 5.11. The van der Waals surface area contributed by atoms with Crippen LogP contribution in [0, 0.1) is 25.7 Å². The quantitative estimate of drug-likeness (QED) is 0.828. The third-order valence-electron chi connectivity index (χ3n) is 3.15. The Bertz CT molecular complexity index is 730. The number of carbonyl (C=O) groups is 1. The Morgan fingerprint density at radius 3 is 2.71 bits per heavy atom. The highest BCUT2D eigenvalue weighted by Crippen LogP contribution is 2.15. The molecule has 1 aromatic heterocycles. The molecule has 2 aromatic rings. The molecule has 0 aliphatic rings. The van der Waals surface area contributed by atoms with Crippen LogP contribution in [0.1, 0.15) is 11.3 Å². The van der Waals surface area contributed by atoms with Crippen molar-refractivity contribution in [3.05, 3.63) is 53.9 Å². The van der Waals surface area contributed by atoms with E-state index < -0.39 is 0 Å². The molecule has 0 saturated heterocycles. The molecule has 1 amide bonds. The maximum Gasteiger partial charge on any atom is 0.258 e. The van der Waals surface area contributed by atoms with E-state index in [2.05, 4.69) is 22.1 Å². The van der Waals surface area contributed by atoms with Crippen molar-refractivity contribution in [2.75, 3.05) is 19.8 Å². The fourth-order valence-electron chi connectivity index (χ4n) is 1.83. The fraction of sp³-hybridized carbons (Fsp3) is 0.263. The summed E-state index contributed by atoms with van der Waals surface area (Å²) < 4.78 is 10.9. The molecule has 124 valence electrons. The van der Waals surface area contributed by atoms with Gasteiger partial charge in [-0.2, -0.15) is 0 Å². The van der Waals surface area contributed by atoms with Crippen molar-refractivity contribution in [3.8, 4) is 23.3 Å². The number of para-hydroxylation sites is 1. The van der Waals surface area contributed by atoms with Crippen molar-refractivity contribution in [2.24, 2.45) is 0 Å². The van der Waals surface area contributed by atoms with Crippen molar-refractivity contribution in [1.29, 1.82) is 0 Å². The summed E-state index contributed by atoms with van der Waals surface area (Å²) in [6, 6.07) is 11.3. The molecule has 0 bridgehead atoms. The minimum Gasteiger partial charge on any atom is -0.484 e. The summed E-state index contributed by atoms with van der Waals surface area (Å²) in [6.07, 6.45) is 1.65. The normalized spacial score (nSPS) is 9.58. The fourth-order valence-corrected chi connectivity index (χ4v) is 1.83. The average molecular weight is 324 g/mol. The van der Waals surface area contributed by atoms with Crippen LogP contribution in [-0.4, -0.2) is 30.6 Å². The molecule has 1 aromatic carbocycles. The van der Waals surface area contributed by atoms with Gasteiger partial charge in [0.25, 0.3) is 5.91 Å². The van der Waals surface area contributed by atoms with Gasteiger partial charge in [0.15, 0.2) is 6.61 Å². The Kier molecular flexibility index (Phi) is 6.66. The molecular formula is C19H20N2O3. The molecule has 0 atom stereocenters. The number of aryl methyl sites for hydroxylation is 2. The highest BCUT2D eigenvalue weighted by Gasteiger charge is 2.02. The summed E-state index contributed by atoms with van der Waals surface area (Å²) >= 11 is 0. The van der Waals surface area contributed by atoms with E-state index in [1.807, 2.05) is 50.2 Å². The smallest absolute Gasteiger partial charge is 0.258 e. The topological polar surface area (TPSA) is 60.5 Å². The van der Waals surface area contributed by atoms with Crippen LogP contribution >= 0.6 is 0 Å². The highest BCUT2D eigenvalue weighted by molar-refractivity contribution is 5.77. The van der Waals surface area contributed by atoms with Gasteiger partial charge in [0.2, 0.25) is 0 Å². The van der Waals surface area contributed by atoms with Crippen molar-refractivity contribution < 1.29 is 14.3 Å². The number of aromatic nitrogens is 1. The van der Waals surface area contributed by atoms with E-state index in [-0.39, 0.29) is 25.7 Å². The number of nitrogens with zero attached hydrogens (tertiary/aromatic N) is 1. The first-order valence-corrected chi connectivity index (χ1v) is 7.61. The molecule has 0 fully saturated rings. The summed E-state index contributed by atoms with van der Waals surface area (Å²) in [5.74, 6) is 6.82. The monoisotopic (exact) mass is 324 g/mol. The van der Waals surface area contributed by atoms with Crippen molar-refractivity contribution >= 4 is 5.91 Å². The van der Waals surface area contributed by atoms with Gasteiger partial charge >= 0.3 is 0 Å². The largest absolute Gasteiger partial charge is 0.484 e. The van der Waals surface area contributed by atoms with E-state index >= 15 is 0 Å². The van der Waals surface area contributed by atoms with Gasteiger partial charge in [0, 0.05) is 5.69 Å². The zero-order valence-electron chi connectivity index (χ0n) is 13.8. The number of ether oxygens (including phenoxy) is 2. The van der Waals surface area contributed by atoms with Gasteiger partial charge in [-0.05, 0) is 37.6 Å². The van der Waals surface area contributed by atoms with Crippen LogP contribution in [0.5, 0.6) is 11.5 Å². The zero-order valence-corrected chi connectivity index (χ0v) is 13.8. The Hall–Kier alpha value is -3.00. The van der Waals surface area contributed by atoms with Crippen LogP contribution in [0.15, 0.2) is 42.6 Å². The Balaban J connectivity index is 1.62. The maximum atomic E-state index is 11.7. The highest BCUT2D eigenvalue weighted by atomic mass is 16.5. The molecule has 1 N–H and O–H groups in total. The van der Waals surface area contributed by atoms with Crippen molar-refractivity contribution in [2.45, 2.75) is 13.8 Å². The summed E-state index contributed by atoms with van der Waals surface area (Å²) in [6.45, 7) is 4.32. The number of benzene rings is 1. The lowest BCUT2D eigenvalue weighted by Crippen LogP contribution is -2.29. The Morgan fingerprint density at radius 2 is 1.96 bits per heavy atom. The predicted octanol–water partition coefficient (Wildman–Crippen LogP) is 2.28. The van der Waals surface area contributed by atoms with Crippen LogP contribution in [0.4, 0.5) is 0 Å². The molecule has 0 saturated carbocycles. The molecule has 0 unspecified atom stereocenters. The minimum atomic E-state index is -0.212. The number of rotatable bonds is 6. The third kappa shape index (κ3) is 6.01. The number of hydrogen-bond acceptors (Lipinski definition) is 4. The van der Waals surface area contributed by atoms with Gasteiger partial charge in [-0.3, -0.25) is 9.78 Å². The van der Waals surface area contributed by atoms with Gasteiger partial charge in [-0.25, -0.2) is 0 Å². The van der Waals surface area contributed by atoms with Crippen molar-refractivity contribution in [1.82, 2.24) is 10.3 Å². The molecule has 2 rings (SSSR count). The van der Waals surface area contributed by atoms with E-state index in [0.717, 1.165) is 11.3 Å². The summed E-state index contributed by atoms with van der Waals surface area (Å²) in [4.78, 5) is 15.8. The lowest BCUT2D eigenvalue weighted by atomic mass is 10.2. The molecule has 0 spiro atoms. The first-order chi connectivity index (χ1) is 11.6. The standard InChI is InChI=1S/C19H20N2O3/c1-15-7-3-4-8-18(15)24-14-19(22)20-11-5-6-12-23-17-10-9-16(2)21-13-17/h3-4,7-10,13H,11-12,14H2,1-2H3,(H,20,22). The third-order valence-corrected chi connectivity index (χ3v) is 3.15. The SMILES string of the molecule is Cc1ccc(OCC#CCNC(=O)COc2ccccc2C)cn1. The molecule has 0 aliphatic heterocycles. The zero-order chi connectivity index (χ0) is 17.2. The van der Waals surface area contributed by atoms with Gasteiger partial charge in [0.1, 0.15) is 18.1 Å². The number of nitrogens with one attached hydrogen (secondary N) is 1. The van der Waals surface area contributed by atoms with Gasteiger partial charge in [-0.1, -0.05) is 30.0 Å². The molecule has 24 heavy (non-hydrogen) atoms. The first-order valence-electron chi connectivity index (χ1n) is 7.61. The molecule has 5 heteroatoms. The summed E-state index contributed by atoms with van der Waals surface area (Å²) in [5, 5.41) is 2.67. The maximum absolute atomic E-state index is 11.7. The molecule has 0 radical (unpaired) electrons. The second-order valence-electron chi connectivity index (χ2n) is 5.11. The van der Waals surface area contributed by atoms with Gasteiger partial charge in [-0.15, -0.1) is 0 Å². The van der Waals surface area contributed by atoms with Crippen LogP contribution in [-0.2, 0) is 4.79 Å². The van der Waals surface area contributed by atoms with E-state index in [4.69, 9.17) is 9.47 Å². The Morgan fingerprint density at radius 1 is 1.12 bits per heavy atom. The van der Waals surface area contributed by atoms with Crippen LogP contribution in [0.25, 0.3) is 0 Å². The van der Waals surface area contributed by atoms with Gasteiger partial charge in [0.05, 0.1) is 12.7 Å². The van der Waals surface area contributed by atoms with Crippen LogP contribution < -0.4 is 14.8 Å². The average Bonchev–Trinajstić information content (AvgIpc) is 2.59. The van der Waals surface area contributed by atoms with E-state index in [9.17, 15) is 4.79 Å². The number of hydrogen-bond donors (Lipinski definition) is 1. The number of amides is 1. The lowest BCUT2D eigenvalue weighted by Gasteiger charge is -2.07. The van der Waals surface area contributed by atoms with E-state index in [1.165, 1.54) is 0 Å². The first kappa shape index (κ1) is 17.4. The van der Waals surface area contributed by atoms with Crippen LogP contribution in [0.3, 0.4) is 0 Å². The number of pyridine rings is 1. The summed E-state index contributed by atoms with van der Waals surface area (Å²) in [5.41, 5.74) is 1.93. The molecule has 0 aliphatic carbocycles. The molecule has 1 heterocycles. The van der Waals surface area contributed by atoms with Crippen LogP contribution in [0.2, 0.25) is 0 Å².